The van der Waals surface area contributed by atoms with Crippen LogP contribution in [-0.4, -0.2) is 6.29 Å². The first-order chi connectivity index (χ1) is 7.78. The number of benzene rings is 2. The Morgan fingerprint density at radius 3 is 2.44 bits per heavy atom. The van der Waals surface area contributed by atoms with Crippen LogP contribution in [0.4, 0.5) is 0 Å². The minimum Gasteiger partial charge on any atom is -0.456 e. The molecule has 0 saturated carbocycles. The summed E-state index contributed by atoms with van der Waals surface area (Å²) in [6.45, 7) is 0. The summed E-state index contributed by atoms with van der Waals surface area (Å²) in [6, 6.07) is 10.8. The molecule has 0 atom stereocenters. The van der Waals surface area contributed by atoms with Gasteiger partial charge in [0.25, 0.3) is 0 Å². The van der Waals surface area contributed by atoms with Crippen LogP contribution in [0.3, 0.4) is 0 Å². The van der Waals surface area contributed by atoms with Gasteiger partial charge in [-0.25, -0.2) is 0 Å². The first kappa shape index (κ1) is 9.43. The normalized spacial score (nSPS) is 11.1. The van der Waals surface area contributed by atoms with Gasteiger partial charge >= 0.3 is 0 Å². The van der Waals surface area contributed by atoms with Crippen molar-refractivity contribution in [1.29, 1.82) is 0 Å². The molecule has 0 aliphatic heterocycles. The predicted molar refractivity (Wildman–Crippen MR) is 64.1 cm³/mol. The minimum absolute atomic E-state index is 0.634. The molecule has 0 N–H and O–H groups in total. The Hall–Kier alpha value is -1.80. The SMILES string of the molecule is O=Cc1ccc2oc3ccc(Cl)cc3c2c1. The highest BCUT2D eigenvalue weighted by atomic mass is 35.5. The van der Waals surface area contributed by atoms with Crippen molar-refractivity contribution < 1.29 is 9.21 Å². The van der Waals surface area contributed by atoms with E-state index in [0.29, 0.717) is 10.6 Å². The van der Waals surface area contributed by atoms with E-state index in [1.54, 1.807) is 18.2 Å². The molecule has 3 rings (SSSR count). The van der Waals surface area contributed by atoms with Crippen molar-refractivity contribution >= 4 is 39.8 Å². The molecule has 0 saturated heterocycles. The van der Waals surface area contributed by atoms with E-state index < -0.39 is 0 Å². The van der Waals surface area contributed by atoms with Gasteiger partial charge < -0.3 is 4.42 Å². The third-order valence-electron chi connectivity index (χ3n) is 2.59. The highest BCUT2D eigenvalue weighted by Gasteiger charge is 2.07. The Labute approximate surface area is 96.4 Å². The third-order valence-corrected chi connectivity index (χ3v) is 2.83. The van der Waals surface area contributed by atoms with Gasteiger partial charge in [0.2, 0.25) is 0 Å². The van der Waals surface area contributed by atoms with Gasteiger partial charge in [-0.15, -0.1) is 0 Å². The van der Waals surface area contributed by atoms with Crippen molar-refractivity contribution in [1.82, 2.24) is 0 Å². The van der Waals surface area contributed by atoms with Crippen LogP contribution in [0.15, 0.2) is 40.8 Å². The molecule has 0 bridgehead atoms. The second-order valence-corrected chi connectivity index (χ2v) is 4.05. The minimum atomic E-state index is 0.634. The average molecular weight is 231 g/mol. The van der Waals surface area contributed by atoms with E-state index in [1.807, 2.05) is 18.2 Å². The van der Waals surface area contributed by atoms with Crippen molar-refractivity contribution in [2.45, 2.75) is 0 Å². The van der Waals surface area contributed by atoms with E-state index in [9.17, 15) is 4.79 Å². The molecule has 0 radical (unpaired) electrons. The van der Waals surface area contributed by atoms with Crippen LogP contribution in [0.1, 0.15) is 10.4 Å². The van der Waals surface area contributed by atoms with E-state index in [2.05, 4.69) is 0 Å². The molecule has 3 heteroatoms. The van der Waals surface area contributed by atoms with Crippen molar-refractivity contribution in [2.75, 3.05) is 0 Å². The molecular formula is C13H7ClO2. The summed E-state index contributed by atoms with van der Waals surface area (Å²) in [5, 5.41) is 2.51. The van der Waals surface area contributed by atoms with Gasteiger partial charge in [0, 0.05) is 21.4 Å². The molecule has 78 valence electrons. The van der Waals surface area contributed by atoms with Gasteiger partial charge in [0.05, 0.1) is 0 Å². The zero-order valence-corrected chi connectivity index (χ0v) is 8.99. The van der Waals surface area contributed by atoms with Gasteiger partial charge in [0.1, 0.15) is 17.5 Å². The first-order valence-corrected chi connectivity index (χ1v) is 5.23. The Balaban J connectivity index is 2.49. The number of halogens is 1. The maximum absolute atomic E-state index is 10.7. The quantitative estimate of drug-likeness (QED) is 0.591. The third kappa shape index (κ3) is 1.31. The van der Waals surface area contributed by atoms with Crippen LogP contribution in [0.25, 0.3) is 21.9 Å². The van der Waals surface area contributed by atoms with Crippen LogP contribution < -0.4 is 0 Å². The van der Waals surface area contributed by atoms with Gasteiger partial charge in [0.15, 0.2) is 0 Å². The van der Waals surface area contributed by atoms with Crippen molar-refractivity contribution in [3.05, 3.63) is 47.0 Å². The highest BCUT2D eigenvalue weighted by Crippen LogP contribution is 2.30. The van der Waals surface area contributed by atoms with Crippen LogP contribution in [-0.2, 0) is 0 Å². The molecule has 0 aliphatic carbocycles. The fourth-order valence-electron chi connectivity index (χ4n) is 1.84. The van der Waals surface area contributed by atoms with E-state index in [4.69, 9.17) is 16.0 Å². The van der Waals surface area contributed by atoms with Gasteiger partial charge in [-0.05, 0) is 36.4 Å². The summed E-state index contributed by atoms with van der Waals surface area (Å²) in [5.41, 5.74) is 2.18. The van der Waals surface area contributed by atoms with E-state index >= 15 is 0 Å². The molecule has 0 fully saturated rings. The summed E-state index contributed by atoms with van der Waals surface area (Å²) >= 11 is 5.94. The molecule has 2 nitrogen and oxygen atoms in total. The fourth-order valence-corrected chi connectivity index (χ4v) is 2.01. The maximum atomic E-state index is 10.7. The van der Waals surface area contributed by atoms with Gasteiger partial charge in [-0.3, -0.25) is 4.79 Å². The zero-order chi connectivity index (χ0) is 11.1. The van der Waals surface area contributed by atoms with Crippen LogP contribution >= 0.6 is 11.6 Å². The molecule has 0 aliphatic rings. The number of furan rings is 1. The van der Waals surface area contributed by atoms with Crippen LogP contribution in [0.2, 0.25) is 5.02 Å². The van der Waals surface area contributed by atoms with Crippen molar-refractivity contribution in [3.8, 4) is 0 Å². The molecule has 1 heterocycles. The van der Waals surface area contributed by atoms with Crippen molar-refractivity contribution in [3.63, 3.8) is 0 Å². The predicted octanol–water partition coefficient (Wildman–Crippen LogP) is 4.05. The summed E-state index contributed by atoms with van der Waals surface area (Å²) in [6.07, 6.45) is 0.822. The Morgan fingerprint density at radius 2 is 1.69 bits per heavy atom. The Bertz CT molecular complexity index is 698. The highest BCUT2D eigenvalue weighted by molar-refractivity contribution is 6.31. The van der Waals surface area contributed by atoms with Crippen LogP contribution in [0, 0.1) is 0 Å². The second kappa shape index (κ2) is 3.35. The van der Waals surface area contributed by atoms with Gasteiger partial charge in [-0.2, -0.15) is 0 Å². The lowest BCUT2D eigenvalue weighted by atomic mass is 10.1. The van der Waals surface area contributed by atoms with E-state index in [-0.39, 0.29) is 0 Å². The van der Waals surface area contributed by atoms with Crippen LogP contribution in [0.5, 0.6) is 0 Å². The fraction of sp³-hybridized carbons (Fsp3) is 0. The average Bonchev–Trinajstić information content (AvgIpc) is 2.66. The largest absolute Gasteiger partial charge is 0.456 e. The molecule has 2 aromatic carbocycles. The lowest BCUT2D eigenvalue weighted by Gasteiger charge is -1.91. The standard InChI is InChI=1S/C13H7ClO2/c14-9-2-4-13-11(6-9)10-5-8(7-15)1-3-12(10)16-13/h1-7H. The molecule has 0 unspecified atom stereocenters. The number of rotatable bonds is 1. The summed E-state index contributed by atoms with van der Waals surface area (Å²) in [4.78, 5) is 10.7. The summed E-state index contributed by atoms with van der Waals surface area (Å²) < 4.78 is 5.63. The van der Waals surface area contributed by atoms with E-state index in [1.165, 1.54) is 0 Å². The number of fused-ring (bicyclic) bond motifs is 3. The molecule has 3 aromatic rings. The monoisotopic (exact) mass is 230 g/mol. The maximum Gasteiger partial charge on any atom is 0.150 e. The molecule has 16 heavy (non-hydrogen) atoms. The van der Waals surface area contributed by atoms with E-state index in [0.717, 1.165) is 28.2 Å². The second-order valence-electron chi connectivity index (χ2n) is 3.62. The summed E-state index contributed by atoms with van der Waals surface area (Å²) in [7, 11) is 0. The molecular weight excluding hydrogens is 224 g/mol. The lowest BCUT2D eigenvalue weighted by Crippen LogP contribution is -1.76. The molecule has 1 aromatic heterocycles. The smallest absolute Gasteiger partial charge is 0.150 e. The van der Waals surface area contributed by atoms with Crippen molar-refractivity contribution in [2.24, 2.45) is 0 Å². The number of carbonyl (C=O) groups is 1. The number of hydrogen-bond acceptors (Lipinski definition) is 2. The molecule has 0 amide bonds. The summed E-state index contributed by atoms with van der Waals surface area (Å²) in [5.74, 6) is 0. The number of carbonyl (C=O) groups excluding carboxylic acids is 1. The lowest BCUT2D eigenvalue weighted by molar-refractivity contribution is 0.112. The first-order valence-electron chi connectivity index (χ1n) is 4.85. The topological polar surface area (TPSA) is 30.2 Å². The Morgan fingerprint density at radius 1 is 1.00 bits per heavy atom. The molecule has 0 spiro atoms. The Kier molecular flexibility index (Phi) is 1.98. The van der Waals surface area contributed by atoms with Gasteiger partial charge in [-0.1, -0.05) is 11.6 Å². The number of aldehydes is 1. The number of hydrogen-bond donors (Lipinski definition) is 0. The zero-order valence-electron chi connectivity index (χ0n) is 8.24.